The summed E-state index contributed by atoms with van der Waals surface area (Å²) < 4.78 is 33.1. The van der Waals surface area contributed by atoms with Crippen molar-refractivity contribution in [3.05, 3.63) is 29.8 Å². The molecule has 0 bridgehead atoms. The Morgan fingerprint density at radius 2 is 1.91 bits per heavy atom. The molecule has 0 amide bonds. The van der Waals surface area contributed by atoms with Gasteiger partial charge in [0.2, 0.25) is 10.0 Å². The number of sulfonamides is 1. The summed E-state index contributed by atoms with van der Waals surface area (Å²) in [6, 6.07) is 6.65. The van der Waals surface area contributed by atoms with E-state index in [0.29, 0.717) is 17.9 Å². The summed E-state index contributed by atoms with van der Waals surface area (Å²) in [4.78, 5) is 12.0. The fourth-order valence-corrected chi connectivity index (χ4v) is 5.90. The van der Waals surface area contributed by atoms with Crippen molar-refractivity contribution in [1.29, 1.82) is 0 Å². The highest BCUT2D eigenvalue weighted by atomic mass is 127. The van der Waals surface area contributed by atoms with Gasteiger partial charge in [-0.3, -0.25) is 4.79 Å². The number of halogens is 1. The summed E-state index contributed by atoms with van der Waals surface area (Å²) >= 11 is 2.28. The minimum Gasteiger partial charge on any atom is -0.460 e. The molecule has 0 aromatic heterocycles. The summed E-state index contributed by atoms with van der Waals surface area (Å²) in [5.74, 6) is -0.220. The molecule has 5 nitrogen and oxygen atoms in total. The van der Waals surface area contributed by atoms with Gasteiger partial charge in [-0.25, -0.2) is 8.42 Å². The van der Waals surface area contributed by atoms with E-state index in [4.69, 9.17) is 4.74 Å². The zero-order valence-electron chi connectivity index (χ0n) is 12.9. The Kier molecular flexibility index (Phi) is 4.98. The second kappa shape index (κ2) is 6.68. The summed E-state index contributed by atoms with van der Waals surface area (Å²) in [6.45, 7) is 2.41. The van der Waals surface area contributed by atoms with Crippen LogP contribution in [0.3, 0.4) is 0 Å². The molecule has 0 N–H and O–H groups in total. The van der Waals surface area contributed by atoms with Crippen LogP contribution in [-0.4, -0.2) is 41.3 Å². The van der Waals surface area contributed by atoms with Gasteiger partial charge in [-0.1, -0.05) is 40.3 Å². The first-order valence-corrected chi connectivity index (χ1v) is 10.5. The smallest absolute Gasteiger partial charge is 0.306 e. The van der Waals surface area contributed by atoms with Crippen molar-refractivity contribution in [2.75, 3.05) is 6.54 Å². The molecule has 2 aliphatic rings. The second-order valence-electron chi connectivity index (χ2n) is 6.15. The molecule has 23 heavy (non-hydrogen) atoms. The SMILES string of the molecule is Cc1ccc(S(=O)(=O)N2CCC[C@@H]2[C@H]2OC(=O)CC[C@H]2I)cc1. The van der Waals surface area contributed by atoms with Crippen LogP contribution in [0, 0.1) is 6.92 Å². The van der Waals surface area contributed by atoms with Gasteiger partial charge < -0.3 is 4.74 Å². The fourth-order valence-electron chi connectivity index (χ4n) is 3.26. The van der Waals surface area contributed by atoms with Crippen LogP contribution >= 0.6 is 22.6 Å². The summed E-state index contributed by atoms with van der Waals surface area (Å²) in [5.41, 5.74) is 1.02. The lowest BCUT2D eigenvalue weighted by atomic mass is 10.0. The second-order valence-corrected chi connectivity index (χ2v) is 9.64. The predicted octanol–water partition coefficient (Wildman–Crippen LogP) is 2.66. The molecule has 2 heterocycles. The number of hydrogen-bond donors (Lipinski definition) is 0. The number of benzene rings is 1. The summed E-state index contributed by atoms with van der Waals surface area (Å²) in [6.07, 6.45) is 2.36. The first-order valence-electron chi connectivity index (χ1n) is 7.81. The van der Waals surface area contributed by atoms with Gasteiger partial charge in [0.25, 0.3) is 0 Å². The fraction of sp³-hybridized carbons (Fsp3) is 0.562. The molecule has 7 heteroatoms. The third-order valence-corrected chi connectivity index (χ3v) is 7.77. The number of carbonyl (C=O) groups excluding carboxylic acids is 1. The van der Waals surface area contributed by atoms with E-state index in [2.05, 4.69) is 22.6 Å². The van der Waals surface area contributed by atoms with Gasteiger partial charge in [-0.05, 0) is 38.3 Å². The standard InChI is InChI=1S/C16H20INO4S/c1-11-4-6-12(7-5-11)23(20,21)18-10-2-3-14(18)16-13(17)8-9-15(19)22-16/h4-7,13-14,16H,2-3,8-10H2,1H3/t13-,14-,16+/m1/s1. The normalized spacial score (nSPS) is 29.5. The molecule has 0 unspecified atom stereocenters. The molecule has 2 saturated heterocycles. The van der Waals surface area contributed by atoms with Crippen molar-refractivity contribution in [3.8, 4) is 0 Å². The third kappa shape index (κ3) is 3.41. The minimum atomic E-state index is -3.56. The zero-order valence-corrected chi connectivity index (χ0v) is 15.9. The lowest BCUT2D eigenvalue weighted by Gasteiger charge is -2.35. The molecule has 2 fully saturated rings. The maximum atomic E-state index is 13.0. The van der Waals surface area contributed by atoms with Gasteiger partial charge in [-0.2, -0.15) is 4.31 Å². The molecular formula is C16H20INO4S. The third-order valence-electron chi connectivity index (χ3n) is 4.50. The number of alkyl halides is 1. The number of ether oxygens (including phenoxy) is 1. The maximum Gasteiger partial charge on any atom is 0.306 e. The van der Waals surface area contributed by atoms with E-state index in [0.717, 1.165) is 24.8 Å². The Hall–Kier alpha value is -0.670. The van der Waals surface area contributed by atoms with Crippen molar-refractivity contribution >= 4 is 38.6 Å². The molecular weight excluding hydrogens is 429 g/mol. The van der Waals surface area contributed by atoms with Crippen LogP contribution < -0.4 is 0 Å². The average molecular weight is 449 g/mol. The lowest BCUT2D eigenvalue weighted by molar-refractivity contribution is -0.155. The Morgan fingerprint density at radius 3 is 2.61 bits per heavy atom. The molecule has 2 aliphatic heterocycles. The van der Waals surface area contributed by atoms with Crippen LogP contribution in [0.1, 0.15) is 31.2 Å². The van der Waals surface area contributed by atoms with E-state index in [1.807, 2.05) is 6.92 Å². The number of cyclic esters (lactones) is 1. The molecule has 3 atom stereocenters. The number of nitrogens with zero attached hydrogens (tertiary/aromatic N) is 1. The van der Waals surface area contributed by atoms with Gasteiger partial charge in [0.15, 0.2) is 0 Å². The topological polar surface area (TPSA) is 63.7 Å². The van der Waals surface area contributed by atoms with Crippen LogP contribution in [0.15, 0.2) is 29.2 Å². The van der Waals surface area contributed by atoms with Crippen LogP contribution in [0.25, 0.3) is 0 Å². The molecule has 1 aromatic carbocycles. The number of esters is 1. The maximum absolute atomic E-state index is 13.0. The largest absolute Gasteiger partial charge is 0.460 e. The van der Waals surface area contributed by atoms with Crippen LogP contribution in [-0.2, 0) is 19.6 Å². The summed E-state index contributed by atoms with van der Waals surface area (Å²) in [5, 5.41) is 0. The van der Waals surface area contributed by atoms with E-state index < -0.39 is 10.0 Å². The number of carbonyl (C=O) groups is 1. The highest BCUT2D eigenvalue weighted by molar-refractivity contribution is 14.1. The number of rotatable bonds is 3. The Morgan fingerprint density at radius 1 is 1.22 bits per heavy atom. The van der Waals surface area contributed by atoms with Crippen LogP contribution in [0.5, 0.6) is 0 Å². The monoisotopic (exact) mass is 449 g/mol. The molecule has 1 aromatic rings. The molecule has 0 saturated carbocycles. The van der Waals surface area contributed by atoms with Crippen molar-refractivity contribution < 1.29 is 17.9 Å². The van der Waals surface area contributed by atoms with Gasteiger partial charge in [0.1, 0.15) is 6.10 Å². The molecule has 126 valence electrons. The van der Waals surface area contributed by atoms with E-state index in [1.165, 1.54) is 4.31 Å². The first kappa shape index (κ1) is 17.2. The molecule has 0 spiro atoms. The number of aryl methyl sites for hydroxylation is 1. The van der Waals surface area contributed by atoms with Gasteiger partial charge in [0, 0.05) is 13.0 Å². The van der Waals surface area contributed by atoms with E-state index >= 15 is 0 Å². The van der Waals surface area contributed by atoms with Gasteiger partial charge in [-0.15, -0.1) is 0 Å². The molecule has 0 radical (unpaired) electrons. The van der Waals surface area contributed by atoms with Gasteiger partial charge >= 0.3 is 5.97 Å². The zero-order chi connectivity index (χ0) is 16.6. The molecule has 3 rings (SSSR count). The van der Waals surface area contributed by atoms with E-state index in [1.54, 1.807) is 24.3 Å². The van der Waals surface area contributed by atoms with Crippen molar-refractivity contribution in [1.82, 2.24) is 4.31 Å². The van der Waals surface area contributed by atoms with E-state index in [-0.39, 0.29) is 22.0 Å². The Balaban J connectivity index is 1.88. The highest BCUT2D eigenvalue weighted by Crippen LogP contribution is 2.35. The predicted molar refractivity (Wildman–Crippen MR) is 95.0 cm³/mol. The molecule has 0 aliphatic carbocycles. The van der Waals surface area contributed by atoms with Crippen molar-refractivity contribution in [3.63, 3.8) is 0 Å². The summed E-state index contributed by atoms with van der Waals surface area (Å²) in [7, 11) is -3.56. The Labute approximate surface area is 150 Å². The quantitative estimate of drug-likeness (QED) is 0.405. The highest BCUT2D eigenvalue weighted by Gasteiger charge is 2.45. The number of hydrogen-bond acceptors (Lipinski definition) is 4. The average Bonchev–Trinajstić information content (AvgIpc) is 3.00. The van der Waals surface area contributed by atoms with Crippen molar-refractivity contribution in [2.24, 2.45) is 0 Å². The van der Waals surface area contributed by atoms with Crippen LogP contribution in [0.2, 0.25) is 0 Å². The van der Waals surface area contributed by atoms with Gasteiger partial charge in [0.05, 0.1) is 14.9 Å². The van der Waals surface area contributed by atoms with E-state index in [9.17, 15) is 13.2 Å². The van der Waals surface area contributed by atoms with Crippen LogP contribution in [0.4, 0.5) is 0 Å². The lowest BCUT2D eigenvalue weighted by Crippen LogP contribution is -2.49. The Bertz CT molecular complexity index is 689. The van der Waals surface area contributed by atoms with Crippen molar-refractivity contribution in [2.45, 2.75) is 53.6 Å². The minimum absolute atomic E-state index is 0.157. The first-order chi connectivity index (χ1) is 10.9.